The van der Waals surface area contributed by atoms with Crippen molar-refractivity contribution in [3.8, 4) is 0 Å². The number of carbonyl (C=O) groups is 1. The minimum Gasteiger partial charge on any atom is -0.352 e. The molecule has 0 unspecified atom stereocenters. The highest BCUT2D eigenvalue weighted by Crippen LogP contribution is 2.29. The predicted octanol–water partition coefficient (Wildman–Crippen LogP) is 4.40. The first-order valence-corrected chi connectivity index (χ1v) is 9.18. The average molecular weight is 368 g/mol. The van der Waals surface area contributed by atoms with E-state index in [-0.39, 0.29) is 11.5 Å². The molecule has 1 aromatic carbocycles. The number of benzene rings is 1. The van der Waals surface area contributed by atoms with Gasteiger partial charge >= 0.3 is 6.18 Å². The van der Waals surface area contributed by atoms with E-state index in [4.69, 9.17) is 0 Å². The van der Waals surface area contributed by atoms with E-state index in [1.807, 2.05) is 0 Å². The van der Waals surface area contributed by atoms with E-state index in [0.29, 0.717) is 6.54 Å². The molecule has 0 atom stereocenters. The minimum atomic E-state index is -4.39. The van der Waals surface area contributed by atoms with Crippen molar-refractivity contribution >= 4 is 17.2 Å². The lowest BCUT2D eigenvalue weighted by molar-refractivity contribution is -0.137. The van der Waals surface area contributed by atoms with Crippen molar-refractivity contribution < 1.29 is 18.0 Å². The van der Waals surface area contributed by atoms with E-state index >= 15 is 0 Å². The van der Waals surface area contributed by atoms with Crippen LogP contribution in [-0.2, 0) is 25.4 Å². The number of hydrogen-bond donors (Lipinski definition) is 1. The summed E-state index contributed by atoms with van der Waals surface area (Å²) in [6.07, 6.45) is 1.82. The van der Waals surface area contributed by atoms with Crippen LogP contribution < -0.4 is 5.32 Å². The van der Waals surface area contributed by atoms with Crippen molar-refractivity contribution in [2.75, 3.05) is 6.54 Å². The van der Waals surface area contributed by atoms with Gasteiger partial charge in [0.1, 0.15) is 0 Å². The number of nitrogens with one attached hydrogen (secondary N) is 1. The number of fused-ring (bicyclic) bond motifs is 1. The third kappa shape index (κ3) is 4.60. The Morgan fingerprint density at radius 1 is 1.16 bits per heavy atom. The largest absolute Gasteiger partial charge is 0.416 e. The maximum absolute atomic E-state index is 12.5. The van der Waals surface area contributed by atoms with Gasteiger partial charge in [0.25, 0.3) is 5.91 Å². The van der Waals surface area contributed by atoms with Gasteiger partial charge in [-0.25, -0.2) is 4.98 Å². The summed E-state index contributed by atoms with van der Waals surface area (Å²) in [5, 5.41) is 3.85. The summed E-state index contributed by atoms with van der Waals surface area (Å²) >= 11 is 1.76. The van der Waals surface area contributed by atoms with E-state index in [1.165, 1.54) is 35.5 Å². The van der Waals surface area contributed by atoms with Gasteiger partial charge in [-0.15, -0.1) is 11.3 Å². The number of amides is 1. The van der Waals surface area contributed by atoms with Gasteiger partial charge in [-0.05, 0) is 56.4 Å². The zero-order valence-electron chi connectivity index (χ0n) is 13.7. The molecule has 25 heavy (non-hydrogen) atoms. The van der Waals surface area contributed by atoms with Gasteiger partial charge in [0.15, 0.2) is 0 Å². The summed E-state index contributed by atoms with van der Waals surface area (Å²) in [5.74, 6) is -0.354. The van der Waals surface area contributed by atoms with Gasteiger partial charge in [-0.3, -0.25) is 4.79 Å². The molecule has 0 saturated carbocycles. The highest BCUT2D eigenvalue weighted by Gasteiger charge is 2.30. The molecule has 3 rings (SSSR count). The standard InChI is InChI=1S/C18H19F3N2OS/c19-18(20,21)13-9-7-12(8-10-13)17(24)22-11-3-6-16-23-14-4-1-2-5-15(14)25-16/h7-10H,1-6,11H2,(H,22,24). The first kappa shape index (κ1) is 17.9. The fourth-order valence-corrected chi connectivity index (χ4v) is 4.07. The molecule has 0 radical (unpaired) electrons. The zero-order chi connectivity index (χ0) is 17.9. The van der Waals surface area contributed by atoms with Crippen LogP contribution in [0, 0.1) is 0 Å². The van der Waals surface area contributed by atoms with Gasteiger partial charge in [0, 0.05) is 23.4 Å². The maximum Gasteiger partial charge on any atom is 0.416 e. The molecule has 0 saturated heterocycles. The number of aromatic nitrogens is 1. The second-order valence-corrected chi connectivity index (χ2v) is 7.29. The average Bonchev–Trinajstić information content (AvgIpc) is 3.00. The summed E-state index contributed by atoms with van der Waals surface area (Å²) in [4.78, 5) is 18.0. The third-order valence-corrected chi connectivity index (χ3v) is 5.43. The molecule has 2 aromatic rings. The quantitative estimate of drug-likeness (QED) is 0.795. The highest BCUT2D eigenvalue weighted by atomic mass is 32.1. The molecule has 1 heterocycles. The van der Waals surface area contributed by atoms with Crippen LogP contribution >= 0.6 is 11.3 Å². The van der Waals surface area contributed by atoms with Crippen LogP contribution in [0.25, 0.3) is 0 Å². The third-order valence-electron chi connectivity index (χ3n) is 4.22. The topological polar surface area (TPSA) is 42.0 Å². The van der Waals surface area contributed by atoms with Crippen molar-refractivity contribution in [2.24, 2.45) is 0 Å². The summed E-state index contributed by atoms with van der Waals surface area (Å²) in [5.41, 5.74) is 0.717. The molecule has 1 amide bonds. The number of carbonyl (C=O) groups excluding carboxylic acids is 1. The van der Waals surface area contributed by atoms with Gasteiger partial charge in [-0.2, -0.15) is 13.2 Å². The van der Waals surface area contributed by atoms with Crippen molar-refractivity contribution in [3.05, 3.63) is 51.0 Å². The smallest absolute Gasteiger partial charge is 0.352 e. The first-order chi connectivity index (χ1) is 11.9. The van der Waals surface area contributed by atoms with E-state index in [2.05, 4.69) is 10.3 Å². The van der Waals surface area contributed by atoms with Gasteiger partial charge in [-0.1, -0.05) is 0 Å². The van der Waals surface area contributed by atoms with Crippen molar-refractivity contribution in [1.82, 2.24) is 10.3 Å². The van der Waals surface area contributed by atoms with Crippen LogP contribution in [0.4, 0.5) is 13.2 Å². The number of rotatable bonds is 5. The molecule has 0 bridgehead atoms. The highest BCUT2D eigenvalue weighted by molar-refractivity contribution is 7.11. The zero-order valence-corrected chi connectivity index (χ0v) is 14.5. The lowest BCUT2D eigenvalue weighted by Crippen LogP contribution is -2.24. The molecule has 1 aromatic heterocycles. The Bertz CT molecular complexity index is 714. The Kier molecular flexibility index (Phi) is 5.42. The van der Waals surface area contributed by atoms with E-state index < -0.39 is 11.7 Å². The van der Waals surface area contributed by atoms with E-state index in [0.717, 1.165) is 42.8 Å². The monoisotopic (exact) mass is 368 g/mol. The Morgan fingerprint density at radius 2 is 1.88 bits per heavy atom. The second kappa shape index (κ2) is 7.56. The molecular formula is C18H19F3N2OS. The Hall–Kier alpha value is -1.89. The molecule has 0 spiro atoms. The number of nitrogens with zero attached hydrogens (tertiary/aromatic N) is 1. The maximum atomic E-state index is 12.5. The first-order valence-electron chi connectivity index (χ1n) is 8.36. The van der Waals surface area contributed by atoms with E-state index in [9.17, 15) is 18.0 Å². The Labute approximate surface area is 148 Å². The number of halogens is 3. The molecule has 134 valence electrons. The normalized spacial score (nSPS) is 14.2. The predicted molar refractivity (Wildman–Crippen MR) is 90.9 cm³/mol. The minimum absolute atomic E-state index is 0.234. The number of hydrogen-bond acceptors (Lipinski definition) is 3. The number of alkyl halides is 3. The fraction of sp³-hybridized carbons (Fsp3) is 0.444. The van der Waals surface area contributed by atoms with Crippen LogP contribution in [0.15, 0.2) is 24.3 Å². The SMILES string of the molecule is O=C(NCCCc1nc2c(s1)CCCC2)c1ccc(C(F)(F)F)cc1. The van der Waals surface area contributed by atoms with Gasteiger partial charge < -0.3 is 5.32 Å². The summed E-state index contributed by atoms with van der Waals surface area (Å²) in [6, 6.07) is 4.25. The molecule has 1 aliphatic rings. The Morgan fingerprint density at radius 3 is 2.56 bits per heavy atom. The molecular weight excluding hydrogens is 349 g/mol. The fourth-order valence-electron chi connectivity index (χ4n) is 2.87. The summed E-state index contributed by atoms with van der Waals surface area (Å²) < 4.78 is 37.5. The Balaban J connectivity index is 1.45. The van der Waals surface area contributed by atoms with Crippen molar-refractivity contribution in [2.45, 2.75) is 44.7 Å². The van der Waals surface area contributed by atoms with Crippen molar-refractivity contribution in [3.63, 3.8) is 0 Å². The van der Waals surface area contributed by atoms with Gasteiger partial charge in [0.05, 0.1) is 16.3 Å². The van der Waals surface area contributed by atoms with Gasteiger partial charge in [0.2, 0.25) is 0 Å². The molecule has 7 heteroatoms. The van der Waals surface area contributed by atoms with Crippen LogP contribution in [0.2, 0.25) is 0 Å². The number of thiazole rings is 1. The second-order valence-electron chi connectivity index (χ2n) is 6.12. The van der Waals surface area contributed by atoms with Crippen LogP contribution in [0.3, 0.4) is 0 Å². The van der Waals surface area contributed by atoms with Crippen LogP contribution in [0.1, 0.15) is 50.8 Å². The van der Waals surface area contributed by atoms with Crippen LogP contribution in [-0.4, -0.2) is 17.4 Å². The van der Waals surface area contributed by atoms with E-state index in [1.54, 1.807) is 11.3 Å². The lowest BCUT2D eigenvalue weighted by atomic mass is 10.0. The molecule has 0 aliphatic heterocycles. The number of aryl methyl sites for hydroxylation is 3. The van der Waals surface area contributed by atoms with Crippen molar-refractivity contribution in [1.29, 1.82) is 0 Å². The van der Waals surface area contributed by atoms with Crippen LogP contribution in [0.5, 0.6) is 0 Å². The molecule has 0 fully saturated rings. The lowest BCUT2D eigenvalue weighted by Gasteiger charge is -2.08. The molecule has 3 nitrogen and oxygen atoms in total. The summed E-state index contributed by atoms with van der Waals surface area (Å²) in [7, 11) is 0. The molecule has 1 N–H and O–H groups in total. The summed E-state index contributed by atoms with van der Waals surface area (Å²) in [6.45, 7) is 0.476. The molecule has 1 aliphatic carbocycles.